The lowest BCUT2D eigenvalue weighted by Crippen LogP contribution is -2.47. The van der Waals surface area contributed by atoms with Crippen LogP contribution in [-0.2, 0) is 11.3 Å². The lowest BCUT2D eigenvalue weighted by Gasteiger charge is -2.33. The molecule has 1 aromatic carbocycles. The maximum atomic E-state index is 12.3. The van der Waals surface area contributed by atoms with Gasteiger partial charge in [0, 0.05) is 43.7 Å². The average molecular weight is 326 g/mol. The lowest BCUT2D eigenvalue weighted by molar-refractivity contribution is -0.127. The van der Waals surface area contributed by atoms with E-state index < -0.39 is 0 Å². The molecule has 23 heavy (non-hydrogen) atoms. The molecule has 0 unspecified atom stereocenters. The molecule has 0 radical (unpaired) electrons. The molecule has 1 amide bonds. The first-order valence-corrected chi connectivity index (χ1v) is 8.87. The Morgan fingerprint density at radius 1 is 1.13 bits per heavy atom. The summed E-state index contributed by atoms with van der Waals surface area (Å²) in [5.41, 5.74) is 2.30. The highest BCUT2D eigenvalue weighted by molar-refractivity contribution is 7.09. The van der Waals surface area contributed by atoms with Gasteiger partial charge in [-0.3, -0.25) is 9.69 Å². The minimum Gasteiger partial charge on any atom is -0.337 e. The van der Waals surface area contributed by atoms with Crippen LogP contribution < -0.4 is 0 Å². The van der Waals surface area contributed by atoms with Crippen molar-refractivity contribution in [1.82, 2.24) is 9.80 Å². The van der Waals surface area contributed by atoms with Gasteiger partial charge >= 0.3 is 0 Å². The van der Waals surface area contributed by atoms with Crippen LogP contribution in [0.2, 0.25) is 0 Å². The van der Waals surface area contributed by atoms with E-state index in [9.17, 15) is 4.79 Å². The van der Waals surface area contributed by atoms with Crippen LogP contribution in [0.4, 0.5) is 0 Å². The van der Waals surface area contributed by atoms with Gasteiger partial charge in [0.2, 0.25) is 5.91 Å². The van der Waals surface area contributed by atoms with Gasteiger partial charge in [-0.1, -0.05) is 35.9 Å². The normalized spacial score (nSPS) is 16.1. The van der Waals surface area contributed by atoms with Gasteiger partial charge in [0.05, 0.1) is 0 Å². The van der Waals surface area contributed by atoms with Crippen molar-refractivity contribution in [3.63, 3.8) is 0 Å². The minimum atomic E-state index is 0.112. The summed E-state index contributed by atoms with van der Waals surface area (Å²) in [6.07, 6.45) is 3.60. The molecule has 1 saturated heterocycles. The fraction of sp³-hybridized carbons (Fsp3) is 0.316. The van der Waals surface area contributed by atoms with Crippen LogP contribution in [-0.4, -0.2) is 41.9 Å². The number of benzene rings is 1. The molecular formula is C19H22N2OS. The van der Waals surface area contributed by atoms with E-state index in [2.05, 4.69) is 41.5 Å². The molecule has 3 nitrogen and oxygen atoms in total. The zero-order valence-electron chi connectivity index (χ0n) is 13.4. The van der Waals surface area contributed by atoms with Crippen LogP contribution in [0.15, 0.2) is 47.9 Å². The molecule has 0 atom stereocenters. The molecule has 0 N–H and O–H groups in total. The summed E-state index contributed by atoms with van der Waals surface area (Å²) in [5.74, 6) is 0.112. The summed E-state index contributed by atoms with van der Waals surface area (Å²) in [6, 6.07) is 12.5. The maximum absolute atomic E-state index is 12.3. The molecule has 120 valence electrons. The minimum absolute atomic E-state index is 0.112. The SMILES string of the molecule is Cc1ccc(/C=C/C(=O)N2CCN(Cc3cccs3)CC2)cc1. The van der Waals surface area contributed by atoms with E-state index in [1.165, 1.54) is 10.4 Å². The predicted molar refractivity (Wildman–Crippen MR) is 96.4 cm³/mol. The molecule has 0 spiro atoms. The van der Waals surface area contributed by atoms with Crippen molar-refractivity contribution < 1.29 is 4.79 Å². The topological polar surface area (TPSA) is 23.6 Å². The molecule has 0 saturated carbocycles. The molecule has 0 bridgehead atoms. The third kappa shape index (κ3) is 4.53. The Bertz CT molecular complexity index is 653. The molecule has 3 rings (SSSR count). The Labute approximate surface area is 141 Å². The molecule has 1 aliphatic rings. The van der Waals surface area contributed by atoms with Crippen molar-refractivity contribution >= 4 is 23.3 Å². The largest absolute Gasteiger partial charge is 0.337 e. The summed E-state index contributed by atoms with van der Waals surface area (Å²) in [7, 11) is 0. The van der Waals surface area contributed by atoms with Crippen molar-refractivity contribution in [3.05, 3.63) is 63.9 Å². The Morgan fingerprint density at radius 2 is 1.87 bits per heavy atom. The van der Waals surface area contributed by atoms with Gasteiger partial charge in [-0.15, -0.1) is 11.3 Å². The van der Waals surface area contributed by atoms with Crippen LogP contribution in [0.25, 0.3) is 6.08 Å². The van der Waals surface area contributed by atoms with E-state index in [4.69, 9.17) is 0 Å². The van der Waals surface area contributed by atoms with Gasteiger partial charge in [-0.25, -0.2) is 0 Å². The highest BCUT2D eigenvalue weighted by Gasteiger charge is 2.19. The smallest absolute Gasteiger partial charge is 0.246 e. The Morgan fingerprint density at radius 3 is 2.52 bits per heavy atom. The maximum Gasteiger partial charge on any atom is 0.246 e. The second kappa shape index (κ2) is 7.57. The van der Waals surface area contributed by atoms with Crippen LogP contribution in [0.1, 0.15) is 16.0 Å². The molecule has 2 heterocycles. The van der Waals surface area contributed by atoms with E-state index in [0.717, 1.165) is 38.3 Å². The number of hydrogen-bond acceptors (Lipinski definition) is 3. The molecule has 0 aliphatic carbocycles. The Balaban J connectivity index is 1.49. The number of piperazine rings is 1. The van der Waals surface area contributed by atoms with Gasteiger partial charge in [0.1, 0.15) is 0 Å². The van der Waals surface area contributed by atoms with Crippen LogP contribution in [0.5, 0.6) is 0 Å². The Kier molecular flexibility index (Phi) is 5.26. The lowest BCUT2D eigenvalue weighted by atomic mass is 10.1. The third-order valence-corrected chi connectivity index (χ3v) is 5.00. The third-order valence-electron chi connectivity index (χ3n) is 4.14. The molecule has 4 heteroatoms. The quantitative estimate of drug-likeness (QED) is 0.804. The van der Waals surface area contributed by atoms with Crippen molar-refractivity contribution in [2.75, 3.05) is 26.2 Å². The number of thiophene rings is 1. The van der Waals surface area contributed by atoms with E-state index in [1.807, 2.05) is 23.1 Å². The second-order valence-electron chi connectivity index (χ2n) is 5.92. The molecule has 1 aliphatic heterocycles. The van der Waals surface area contributed by atoms with Gasteiger partial charge in [-0.05, 0) is 30.0 Å². The zero-order valence-corrected chi connectivity index (χ0v) is 14.3. The van der Waals surface area contributed by atoms with Crippen molar-refractivity contribution in [2.45, 2.75) is 13.5 Å². The highest BCUT2D eigenvalue weighted by atomic mass is 32.1. The number of rotatable bonds is 4. The Hall–Kier alpha value is -1.91. The first-order chi connectivity index (χ1) is 11.2. The zero-order chi connectivity index (χ0) is 16.1. The van der Waals surface area contributed by atoms with Crippen LogP contribution in [0, 0.1) is 6.92 Å². The van der Waals surface area contributed by atoms with E-state index in [0.29, 0.717) is 0 Å². The molecule has 1 aromatic heterocycles. The van der Waals surface area contributed by atoms with Gasteiger partial charge < -0.3 is 4.90 Å². The molecule has 2 aromatic rings. The van der Waals surface area contributed by atoms with Gasteiger partial charge in [-0.2, -0.15) is 0 Å². The first kappa shape index (κ1) is 16.0. The number of hydrogen-bond donors (Lipinski definition) is 0. The van der Waals surface area contributed by atoms with E-state index in [-0.39, 0.29) is 5.91 Å². The number of nitrogens with zero attached hydrogens (tertiary/aromatic N) is 2. The fourth-order valence-electron chi connectivity index (χ4n) is 2.70. The van der Waals surface area contributed by atoms with Crippen LogP contribution in [0.3, 0.4) is 0 Å². The van der Waals surface area contributed by atoms with Crippen molar-refractivity contribution in [1.29, 1.82) is 0 Å². The summed E-state index contributed by atoms with van der Waals surface area (Å²) < 4.78 is 0. The number of carbonyl (C=O) groups excluding carboxylic acids is 1. The molecular weight excluding hydrogens is 304 g/mol. The average Bonchev–Trinajstić information content (AvgIpc) is 3.08. The highest BCUT2D eigenvalue weighted by Crippen LogP contribution is 2.14. The van der Waals surface area contributed by atoms with Crippen molar-refractivity contribution in [2.24, 2.45) is 0 Å². The van der Waals surface area contributed by atoms with E-state index >= 15 is 0 Å². The predicted octanol–water partition coefficient (Wildman–Crippen LogP) is 3.41. The number of aryl methyl sites for hydroxylation is 1. The summed E-state index contributed by atoms with van der Waals surface area (Å²) >= 11 is 1.80. The standard InChI is InChI=1S/C19H22N2OS/c1-16-4-6-17(7-5-16)8-9-19(22)21-12-10-20(11-13-21)15-18-3-2-14-23-18/h2-9,14H,10-13,15H2,1H3/b9-8+. The number of amides is 1. The first-order valence-electron chi connectivity index (χ1n) is 7.99. The fourth-order valence-corrected chi connectivity index (χ4v) is 3.45. The second-order valence-corrected chi connectivity index (χ2v) is 6.96. The summed E-state index contributed by atoms with van der Waals surface area (Å²) in [6.45, 7) is 6.57. The monoisotopic (exact) mass is 326 g/mol. The van der Waals surface area contributed by atoms with Crippen LogP contribution >= 0.6 is 11.3 Å². The van der Waals surface area contributed by atoms with Crippen molar-refractivity contribution in [3.8, 4) is 0 Å². The summed E-state index contributed by atoms with van der Waals surface area (Å²) in [5, 5.41) is 2.12. The van der Waals surface area contributed by atoms with E-state index in [1.54, 1.807) is 17.4 Å². The van der Waals surface area contributed by atoms with Gasteiger partial charge in [0.25, 0.3) is 0 Å². The number of carbonyl (C=O) groups is 1. The summed E-state index contributed by atoms with van der Waals surface area (Å²) in [4.78, 5) is 18.0. The van der Waals surface area contributed by atoms with Gasteiger partial charge in [0.15, 0.2) is 0 Å². The molecule has 1 fully saturated rings.